The van der Waals surface area contributed by atoms with Gasteiger partial charge in [0.2, 0.25) is 0 Å². The molecule has 0 unspecified atom stereocenters. The van der Waals surface area contributed by atoms with E-state index < -0.39 is 16.9 Å². The molecule has 0 amide bonds. The van der Waals surface area contributed by atoms with E-state index in [0.717, 1.165) is 11.1 Å². The van der Waals surface area contributed by atoms with Gasteiger partial charge >= 0.3 is 0 Å². The summed E-state index contributed by atoms with van der Waals surface area (Å²) in [6.45, 7) is 0.535. The molecule has 2 aromatic carbocycles. The van der Waals surface area contributed by atoms with Crippen LogP contribution in [0.15, 0.2) is 48.5 Å². The fourth-order valence-electron chi connectivity index (χ4n) is 1.98. The van der Waals surface area contributed by atoms with E-state index in [1.165, 1.54) is 0 Å². The van der Waals surface area contributed by atoms with Gasteiger partial charge in [0.15, 0.2) is 0 Å². The number of hydrogen-bond donors (Lipinski definition) is 1. The lowest BCUT2D eigenvalue weighted by Crippen LogP contribution is -2.23. The van der Waals surface area contributed by atoms with Gasteiger partial charge in [0, 0.05) is 26.6 Å². The van der Waals surface area contributed by atoms with Crippen LogP contribution in [-0.2, 0) is 27.9 Å². The number of ether oxygens (including phenoxy) is 1. The van der Waals surface area contributed by atoms with Gasteiger partial charge in [-0.25, -0.2) is 0 Å². The molecular formula is C17H18Cl2O3S. The van der Waals surface area contributed by atoms with Crippen LogP contribution in [0.2, 0.25) is 10.0 Å². The van der Waals surface area contributed by atoms with Crippen LogP contribution in [0.4, 0.5) is 0 Å². The molecule has 0 aromatic heterocycles. The number of hydrogen-bond acceptors (Lipinski definition) is 3. The van der Waals surface area contributed by atoms with Crippen LogP contribution in [0.5, 0.6) is 0 Å². The molecule has 1 N–H and O–H groups in total. The Morgan fingerprint density at radius 1 is 0.957 bits per heavy atom. The molecule has 2 atom stereocenters. The van der Waals surface area contributed by atoms with Crippen molar-refractivity contribution in [2.45, 2.75) is 18.5 Å². The highest BCUT2D eigenvalue weighted by Gasteiger charge is 2.10. The first-order chi connectivity index (χ1) is 11.0. The van der Waals surface area contributed by atoms with Crippen LogP contribution in [0.1, 0.15) is 11.1 Å². The first-order valence-corrected chi connectivity index (χ1v) is 9.37. The van der Waals surface area contributed by atoms with E-state index >= 15 is 0 Å². The summed E-state index contributed by atoms with van der Waals surface area (Å²) in [5.74, 6) is 0.578. The van der Waals surface area contributed by atoms with Gasteiger partial charge in [0.25, 0.3) is 0 Å². The smallest absolute Gasteiger partial charge is 0.0888 e. The van der Waals surface area contributed by atoms with Crippen molar-refractivity contribution in [1.29, 1.82) is 0 Å². The van der Waals surface area contributed by atoms with Gasteiger partial charge in [-0.3, -0.25) is 4.21 Å². The van der Waals surface area contributed by atoms with Crippen LogP contribution in [-0.4, -0.2) is 27.8 Å². The zero-order valence-corrected chi connectivity index (χ0v) is 14.8. The third-order valence-corrected chi connectivity index (χ3v) is 5.03. The quantitative estimate of drug-likeness (QED) is 0.765. The maximum atomic E-state index is 12.0. The lowest BCUT2D eigenvalue weighted by molar-refractivity contribution is 0.0394. The van der Waals surface area contributed by atoms with Crippen molar-refractivity contribution in [3.05, 3.63) is 69.7 Å². The highest BCUT2D eigenvalue weighted by Crippen LogP contribution is 2.12. The molecule has 124 valence electrons. The van der Waals surface area contributed by atoms with Crippen molar-refractivity contribution in [1.82, 2.24) is 0 Å². The van der Waals surface area contributed by atoms with Gasteiger partial charge in [-0.1, -0.05) is 47.5 Å². The summed E-state index contributed by atoms with van der Waals surface area (Å²) in [4.78, 5) is 0. The minimum Gasteiger partial charge on any atom is -0.390 e. The highest BCUT2D eigenvalue weighted by atomic mass is 35.5. The van der Waals surface area contributed by atoms with Crippen molar-refractivity contribution in [2.75, 3.05) is 12.4 Å². The molecule has 0 saturated carbocycles. The van der Waals surface area contributed by atoms with Gasteiger partial charge < -0.3 is 9.84 Å². The second-order valence-corrected chi connectivity index (χ2v) is 7.55. The zero-order valence-electron chi connectivity index (χ0n) is 12.5. The molecular weight excluding hydrogens is 355 g/mol. The van der Waals surface area contributed by atoms with Crippen LogP contribution < -0.4 is 0 Å². The van der Waals surface area contributed by atoms with Crippen molar-refractivity contribution < 1.29 is 14.1 Å². The fraction of sp³-hybridized carbons (Fsp3) is 0.294. The second kappa shape index (κ2) is 9.40. The third-order valence-electron chi connectivity index (χ3n) is 3.11. The number of halogens is 2. The summed E-state index contributed by atoms with van der Waals surface area (Å²) in [6.07, 6.45) is -0.754. The van der Waals surface area contributed by atoms with Gasteiger partial charge in [0.1, 0.15) is 0 Å². The molecule has 6 heteroatoms. The number of aliphatic hydroxyl groups is 1. The largest absolute Gasteiger partial charge is 0.390 e. The van der Waals surface area contributed by atoms with E-state index in [-0.39, 0.29) is 12.4 Å². The van der Waals surface area contributed by atoms with Gasteiger partial charge in [-0.05, 0) is 35.4 Å². The minimum atomic E-state index is -1.15. The molecule has 2 aromatic rings. The van der Waals surface area contributed by atoms with Crippen LogP contribution in [0, 0.1) is 0 Å². The molecule has 0 fully saturated rings. The van der Waals surface area contributed by atoms with Gasteiger partial charge in [-0.2, -0.15) is 0 Å². The van der Waals surface area contributed by atoms with E-state index in [2.05, 4.69) is 0 Å². The summed E-state index contributed by atoms with van der Waals surface area (Å²) < 4.78 is 17.5. The SMILES string of the molecule is O=[S@](Cc1ccc(Cl)cc1)C[C@@H](O)COCc1ccc(Cl)cc1. The summed E-state index contributed by atoms with van der Waals surface area (Å²) in [7, 11) is -1.15. The molecule has 0 aliphatic carbocycles. The van der Waals surface area contributed by atoms with Crippen LogP contribution in [0.25, 0.3) is 0 Å². The number of aliphatic hydroxyl groups excluding tert-OH is 1. The maximum absolute atomic E-state index is 12.0. The molecule has 23 heavy (non-hydrogen) atoms. The van der Waals surface area contributed by atoms with Crippen molar-refractivity contribution in [2.24, 2.45) is 0 Å². The Hall–Kier alpha value is -0.910. The number of benzene rings is 2. The second-order valence-electron chi connectivity index (χ2n) is 5.17. The highest BCUT2D eigenvalue weighted by molar-refractivity contribution is 7.84. The Balaban J connectivity index is 1.69. The Morgan fingerprint density at radius 2 is 1.48 bits per heavy atom. The molecule has 0 bridgehead atoms. The topological polar surface area (TPSA) is 46.5 Å². The Morgan fingerprint density at radius 3 is 2.04 bits per heavy atom. The first-order valence-electron chi connectivity index (χ1n) is 7.12. The van der Waals surface area contributed by atoms with Crippen molar-refractivity contribution in [3.63, 3.8) is 0 Å². The molecule has 0 aliphatic heterocycles. The lowest BCUT2D eigenvalue weighted by Gasteiger charge is -2.11. The average molecular weight is 373 g/mol. The average Bonchev–Trinajstić information content (AvgIpc) is 2.51. The third kappa shape index (κ3) is 7.02. The number of rotatable bonds is 8. The monoisotopic (exact) mass is 372 g/mol. The minimum absolute atomic E-state index is 0.148. The molecule has 0 radical (unpaired) electrons. The van der Waals surface area contributed by atoms with Crippen molar-refractivity contribution in [3.8, 4) is 0 Å². The molecule has 3 nitrogen and oxygen atoms in total. The van der Waals surface area contributed by atoms with Crippen LogP contribution in [0.3, 0.4) is 0 Å². The Labute approximate surface area is 148 Å². The maximum Gasteiger partial charge on any atom is 0.0888 e. The summed E-state index contributed by atoms with van der Waals surface area (Å²) in [5, 5.41) is 11.2. The van der Waals surface area contributed by atoms with E-state index in [0.29, 0.717) is 22.4 Å². The van der Waals surface area contributed by atoms with E-state index in [9.17, 15) is 9.32 Å². The van der Waals surface area contributed by atoms with E-state index in [4.69, 9.17) is 27.9 Å². The van der Waals surface area contributed by atoms with E-state index in [1.54, 1.807) is 24.3 Å². The molecule has 0 heterocycles. The molecule has 2 rings (SSSR count). The molecule has 0 saturated heterocycles. The summed E-state index contributed by atoms with van der Waals surface area (Å²) in [6, 6.07) is 14.5. The Kier molecular flexibility index (Phi) is 7.53. The van der Waals surface area contributed by atoms with Crippen LogP contribution >= 0.6 is 23.2 Å². The van der Waals surface area contributed by atoms with Gasteiger partial charge in [-0.15, -0.1) is 0 Å². The summed E-state index contributed by atoms with van der Waals surface area (Å²) >= 11 is 11.6. The first kappa shape index (κ1) is 18.4. The fourth-order valence-corrected chi connectivity index (χ4v) is 3.44. The van der Waals surface area contributed by atoms with Gasteiger partial charge in [0.05, 0.1) is 25.1 Å². The zero-order chi connectivity index (χ0) is 16.7. The Bertz CT molecular complexity index is 629. The summed E-state index contributed by atoms with van der Waals surface area (Å²) in [5.41, 5.74) is 1.91. The van der Waals surface area contributed by atoms with Crippen molar-refractivity contribution >= 4 is 34.0 Å². The van der Waals surface area contributed by atoms with E-state index in [1.807, 2.05) is 24.3 Å². The molecule has 0 aliphatic rings. The predicted molar refractivity (Wildman–Crippen MR) is 95.3 cm³/mol. The predicted octanol–water partition coefficient (Wildman–Crippen LogP) is 3.82. The lowest BCUT2D eigenvalue weighted by atomic mass is 10.2. The normalized spacial score (nSPS) is 13.7. The molecule has 0 spiro atoms. The standard InChI is InChI=1S/C17H18Cl2O3S/c18-15-5-1-13(2-6-15)9-22-10-17(20)12-23(21)11-14-3-7-16(19)8-4-14/h1-8,17,20H,9-12H2/t17-,23+/m0/s1.